The molecule has 0 atom stereocenters. The average Bonchev–Trinajstić information content (AvgIpc) is 2.45. The number of hydrogen-bond donors (Lipinski definition) is 1. The molecular formula is C14H20N4O2. The summed E-state index contributed by atoms with van der Waals surface area (Å²) in [6.45, 7) is 6.83. The maximum Gasteiger partial charge on any atom is 0.312 e. The van der Waals surface area contributed by atoms with E-state index in [9.17, 15) is 9.59 Å². The van der Waals surface area contributed by atoms with Crippen LogP contribution in [0.25, 0.3) is 0 Å². The van der Waals surface area contributed by atoms with Crippen molar-refractivity contribution in [3.8, 4) is 0 Å². The first-order valence-electron chi connectivity index (χ1n) is 6.92. The number of amides is 2. The van der Waals surface area contributed by atoms with Gasteiger partial charge in [-0.15, -0.1) is 0 Å². The Kier molecular flexibility index (Phi) is 4.55. The molecule has 0 aromatic carbocycles. The van der Waals surface area contributed by atoms with Crippen LogP contribution in [0, 0.1) is 0 Å². The first kappa shape index (κ1) is 14.3. The van der Waals surface area contributed by atoms with Gasteiger partial charge >= 0.3 is 11.8 Å². The van der Waals surface area contributed by atoms with E-state index in [1.807, 2.05) is 26.0 Å². The molecule has 1 N–H and O–H groups in total. The number of piperazine rings is 1. The number of nitrogens with zero attached hydrogens (tertiary/aromatic N) is 3. The van der Waals surface area contributed by atoms with Crippen molar-refractivity contribution in [1.29, 1.82) is 0 Å². The second-order valence-corrected chi connectivity index (χ2v) is 4.68. The van der Waals surface area contributed by atoms with E-state index >= 15 is 0 Å². The highest BCUT2D eigenvalue weighted by molar-refractivity contribution is 6.35. The summed E-state index contributed by atoms with van der Waals surface area (Å²) < 4.78 is 0. The summed E-state index contributed by atoms with van der Waals surface area (Å²) in [6.07, 6.45) is 1.71. The molecule has 2 amide bonds. The maximum absolute atomic E-state index is 12.0. The van der Waals surface area contributed by atoms with Gasteiger partial charge in [-0.05, 0) is 26.0 Å². The zero-order valence-electron chi connectivity index (χ0n) is 11.9. The summed E-state index contributed by atoms with van der Waals surface area (Å²) in [5.41, 5.74) is 1.76. The molecule has 2 rings (SSSR count). The van der Waals surface area contributed by atoms with Gasteiger partial charge in [0.25, 0.3) is 0 Å². The lowest BCUT2D eigenvalue weighted by molar-refractivity contribution is -0.156. The van der Waals surface area contributed by atoms with Gasteiger partial charge in [0.15, 0.2) is 0 Å². The van der Waals surface area contributed by atoms with E-state index in [1.165, 1.54) is 0 Å². The third-order valence-corrected chi connectivity index (χ3v) is 3.33. The fraction of sp³-hybridized carbons (Fsp3) is 0.500. The summed E-state index contributed by atoms with van der Waals surface area (Å²) in [7, 11) is 0. The Morgan fingerprint density at radius 3 is 2.60 bits per heavy atom. The van der Waals surface area contributed by atoms with Gasteiger partial charge in [-0.2, -0.15) is 0 Å². The molecule has 6 heteroatoms. The lowest BCUT2D eigenvalue weighted by Gasteiger charge is -2.32. The molecule has 108 valence electrons. The molecule has 1 aromatic rings. The summed E-state index contributed by atoms with van der Waals surface area (Å²) in [4.78, 5) is 31.2. The Bertz CT molecular complexity index is 504. The number of carbonyl (C=O) groups excluding carboxylic acids is 2. The van der Waals surface area contributed by atoms with Crippen molar-refractivity contribution in [1.82, 2.24) is 14.8 Å². The molecule has 0 saturated carbocycles. The van der Waals surface area contributed by atoms with Gasteiger partial charge in [0.05, 0.1) is 12.2 Å². The minimum Gasteiger partial charge on any atom is -0.385 e. The van der Waals surface area contributed by atoms with Gasteiger partial charge in [0.2, 0.25) is 0 Å². The molecule has 0 bridgehead atoms. The van der Waals surface area contributed by atoms with Crippen LogP contribution in [0.15, 0.2) is 18.3 Å². The Morgan fingerprint density at radius 1 is 1.20 bits per heavy atom. The van der Waals surface area contributed by atoms with Crippen LogP contribution in [-0.4, -0.2) is 52.8 Å². The zero-order chi connectivity index (χ0) is 14.5. The average molecular weight is 276 g/mol. The van der Waals surface area contributed by atoms with Crippen molar-refractivity contribution >= 4 is 17.5 Å². The minimum atomic E-state index is -0.436. The van der Waals surface area contributed by atoms with Crippen molar-refractivity contribution in [3.63, 3.8) is 0 Å². The predicted molar refractivity (Wildman–Crippen MR) is 76.1 cm³/mol. The first-order chi connectivity index (χ1) is 9.65. The third-order valence-electron chi connectivity index (χ3n) is 3.33. The number of anilines is 1. The number of rotatable bonds is 5. The van der Waals surface area contributed by atoms with Crippen LogP contribution >= 0.6 is 0 Å². The topological polar surface area (TPSA) is 65.5 Å². The van der Waals surface area contributed by atoms with Crippen molar-refractivity contribution in [2.24, 2.45) is 0 Å². The molecule has 1 saturated heterocycles. The maximum atomic E-state index is 12.0. The number of pyridine rings is 1. The zero-order valence-corrected chi connectivity index (χ0v) is 11.9. The van der Waals surface area contributed by atoms with Crippen LogP contribution in [0.1, 0.15) is 19.5 Å². The van der Waals surface area contributed by atoms with Gasteiger partial charge < -0.3 is 15.1 Å². The highest BCUT2D eigenvalue weighted by atomic mass is 16.2. The number of nitrogens with one attached hydrogen (secondary N) is 1. The molecular weight excluding hydrogens is 256 g/mol. The third kappa shape index (κ3) is 3.07. The van der Waals surface area contributed by atoms with E-state index in [0.29, 0.717) is 26.2 Å². The van der Waals surface area contributed by atoms with E-state index in [-0.39, 0.29) is 0 Å². The molecule has 2 heterocycles. The SMILES string of the molecule is CCNc1ccnc(CN2CCN(CC)C(=O)C2=O)c1. The summed E-state index contributed by atoms with van der Waals surface area (Å²) in [5.74, 6) is -0.852. The quantitative estimate of drug-likeness (QED) is 0.804. The predicted octanol–water partition coefficient (Wildman–Crippen LogP) is 0.704. The molecule has 0 aliphatic carbocycles. The standard InChI is InChI=1S/C14H20N4O2/c1-3-15-11-5-6-16-12(9-11)10-18-8-7-17(4-2)13(19)14(18)20/h5-6,9H,3-4,7-8,10H2,1-2H3,(H,15,16). The van der Waals surface area contributed by atoms with Gasteiger partial charge in [-0.25, -0.2) is 0 Å². The van der Waals surface area contributed by atoms with Crippen molar-refractivity contribution < 1.29 is 9.59 Å². The second kappa shape index (κ2) is 6.36. The van der Waals surface area contributed by atoms with Gasteiger partial charge in [-0.3, -0.25) is 14.6 Å². The van der Waals surface area contributed by atoms with Gasteiger partial charge in [0.1, 0.15) is 0 Å². The molecule has 1 aliphatic rings. The molecule has 20 heavy (non-hydrogen) atoms. The Hall–Kier alpha value is -2.11. The van der Waals surface area contributed by atoms with E-state index in [0.717, 1.165) is 17.9 Å². The van der Waals surface area contributed by atoms with E-state index < -0.39 is 11.8 Å². The molecule has 0 unspecified atom stereocenters. The van der Waals surface area contributed by atoms with Crippen LogP contribution in [0.4, 0.5) is 5.69 Å². The van der Waals surface area contributed by atoms with E-state index in [2.05, 4.69) is 10.3 Å². The molecule has 6 nitrogen and oxygen atoms in total. The van der Waals surface area contributed by atoms with Crippen LogP contribution in [0.3, 0.4) is 0 Å². The van der Waals surface area contributed by atoms with Crippen molar-refractivity contribution in [2.45, 2.75) is 20.4 Å². The smallest absolute Gasteiger partial charge is 0.312 e. The Morgan fingerprint density at radius 2 is 1.90 bits per heavy atom. The van der Waals surface area contributed by atoms with E-state index in [1.54, 1.807) is 16.0 Å². The number of likely N-dealkylation sites (N-methyl/N-ethyl adjacent to an activating group) is 1. The molecule has 0 radical (unpaired) electrons. The molecule has 1 aromatic heterocycles. The van der Waals surface area contributed by atoms with Crippen molar-refractivity contribution in [3.05, 3.63) is 24.0 Å². The first-order valence-corrected chi connectivity index (χ1v) is 6.92. The Labute approximate surface area is 118 Å². The minimum absolute atomic E-state index is 0.376. The largest absolute Gasteiger partial charge is 0.385 e. The van der Waals surface area contributed by atoms with Crippen LogP contribution < -0.4 is 5.32 Å². The van der Waals surface area contributed by atoms with Crippen LogP contribution in [0.2, 0.25) is 0 Å². The van der Waals surface area contributed by atoms with Crippen LogP contribution in [0.5, 0.6) is 0 Å². The van der Waals surface area contributed by atoms with Gasteiger partial charge in [-0.1, -0.05) is 0 Å². The number of hydrogen-bond acceptors (Lipinski definition) is 4. The summed E-state index contributed by atoms with van der Waals surface area (Å²) in [5, 5.41) is 3.20. The highest BCUT2D eigenvalue weighted by Crippen LogP contribution is 2.12. The summed E-state index contributed by atoms with van der Waals surface area (Å²) >= 11 is 0. The molecule has 0 spiro atoms. The second-order valence-electron chi connectivity index (χ2n) is 4.68. The van der Waals surface area contributed by atoms with Crippen molar-refractivity contribution in [2.75, 3.05) is 31.5 Å². The van der Waals surface area contributed by atoms with Crippen LogP contribution in [-0.2, 0) is 16.1 Å². The monoisotopic (exact) mass is 276 g/mol. The van der Waals surface area contributed by atoms with E-state index in [4.69, 9.17) is 0 Å². The Balaban J connectivity index is 2.05. The summed E-state index contributed by atoms with van der Waals surface area (Å²) in [6, 6.07) is 3.79. The lowest BCUT2D eigenvalue weighted by atomic mass is 10.2. The number of aromatic nitrogens is 1. The molecule has 1 fully saturated rings. The normalized spacial score (nSPS) is 15.7. The fourth-order valence-corrected chi connectivity index (χ4v) is 2.24. The molecule has 1 aliphatic heterocycles. The fourth-order valence-electron chi connectivity index (χ4n) is 2.24. The number of carbonyl (C=O) groups is 2. The highest BCUT2D eigenvalue weighted by Gasteiger charge is 2.31. The van der Waals surface area contributed by atoms with Gasteiger partial charge in [0, 0.05) is 38.1 Å². The lowest BCUT2D eigenvalue weighted by Crippen LogP contribution is -2.53.